The predicted octanol–water partition coefficient (Wildman–Crippen LogP) is 2.67. The van der Waals surface area contributed by atoms with Crippen molar-refractivity contribution in [2.45, 2.75) is 52.5 Å². The van der Waals surface area contributed by atoms with Crippen LogP contribution in [-0.4, -0.2) is 49.0 Å². The van der Waals surface area contributed by atoms with Crippen LogP contribution < -0.4 is 16.6 Å². The molecule has 9 nitrogen and oxygen atoms in total. The van der Waals surface area contributed by atoms with E-state index >= 15 is 0 Å². The molecule has 0 aliphatic carbocycles. The van der Waals surface area contributed by atoms with Gasteiger partial charge < -0.3 is 14.6 Å². The van der Waals surface area contributed by atoms with Gasteiger partial charge in [-0.3, -0.25) is 9.36 Å². The lowest BCUT2D eigenvalue weighted by Crippen LogP contribution is -2.44. The number of nitrogens with zero attached hydrogens (tertiary/aromatic N) is 5. The standard InChI is InChI=1S/C26H29ClN6O3/c1-4-31-6-5-24(34)32(26(31)35)13-18-8-23-25(29-15-30-33(23)14-18)22-9-19(27)7-16(2)21(22)10-20-12-28-11-17(3)36-20/h5-9,14-15,17,20,28H,4,10-13H2,1-3H3/t17-,20?/m0/s1. The molecule has 2 atom stereocenters. The van der Waals surface area contributed by atoms with Crippen LogP contribution in [0.5, 0.6) is 0 Å². The molecule has 1 aromatic carbocycles. The number of halogens is 1. The van der Waals surface area contributed by atoms with E-state index in [1.54, 1.807) is 4.52 Å². The lowest BCUT2D eigenvalue weighted by molar-refractivity contribution is -0.0262. The van der Waals surface area contributed by atoms with Gasteiger partial charge in [0.15, 0.2) is 0 Å². The van der Waals surface area contributed by atoms with Crippen LogP contribution in [0.25, 0.3) is 16.8 Å². The Bertz CT molecular complexity index is 1540. The van der Waals surface area contributed by atoms with Gasteiger partial charge in [0, 0.05) is 55.1 Å². The van der Waals surface area contributed by atoms with Crippen LogP contribution in [0.15, 0.2) is 52.6 Å². The van der Waals surface area contributed by atoms with Crippen LogP contribution >= 0.6 is 11.6 Å². The summed E-state index contributed by atoms with van der Waals surface area (Å²) >= 11 is 6.50. The summed E-state index contributed by atoms with van der Waals surface area (Å²) in [4.78, 5) is 29.8. The number of aryl methyl sites for hydroxylation is 2. The summed E-state index contributed by atoms with van der Waals surface area (Å²) in [6.45, 7) is 8.23. The molecule has 1 fully saturated rings. The highest BCUT2D eigenvalue weighted by atomic mass is 35.5. The number of ether oxygens (including phenoxy) is 1. The van der Waals surface area contributed by atoms with E-state index in [0.717, 1.165) is 53.0 Å². The summed E-state index contributed by atoms with van der Waals surface area (Å²) in [7, 11) is 0. The minimum Gasteiger partial charge on any atom is -0.372 e. The van der Waals surface area contributed by atoms with Gasteiger partial charge in [0.25, 0.3) is 5.56 Å². The Kier molecular flexibility index (Phi) is 6.79. The molecule has 0 spiro atoms. The SMILES string of the molecule is CCn1ccc(=O)n(Cc2cc3c(-c4cc(Cl)cc(C)c4CC4CNC[C@H](C)O4)ncnn3c2)c1=O. The van der Waals surface area contributed by atoms with E-state index in [1.807, 2.05) is 38.2 Å². The van der Waals surface area contributed by atoms with Crippen LogP contribution in [0, 0.1) is 6.92 Å². The zero-order valence-corrected chi connectivity index (χ0v) is 21.3. The number of hydrogen-bond donors (Lipinski definition) is 1. The van der Waals surface area contributed by atoms with E-state index in [4.69, 9.17) is 16.3 Å². The van der Waals surface area contributed by atoms with Gasteiger partial charge in [-0.25, -0.2) is 14.3 Å². The molecule has 4 heterocycles. The fourth-order valence-electron chi connectivity index (χ4n) is 4.88. The lowest BCUT2D eigenvalue weighted by atomic mass is 9.93. The summed E-state index contributed by atoms with van der Waals surface area (Å²) in [6.07, 6.45) is 5.76. The molecule has 3 aromatic heterocycles. The normalized spacial score (nSPS) is 18.1. The van der Waals surface area contributed by atoms with Crippen molar-refractivity contribution in [2.75, 3.05) is 13.1 Å². The zero-order valence-electron chi connectivity index (χ0n) is 20.6. The minimum absolute atomic E-state index is 0.0401. The first-order valence-electron chi connectivity index (χ1n) is 12.1. The lowest BCUT2D eigenvalue weighted by Gasteiger charge is -2.30. The first kappa shape index (κ1) is 24.4. The fourth-order valence-corrected chi connectivity index (χ4v) is 5.15. The number of benzene rings is 1. The summed E-state index contributed by atoms with van der Waals surface area (Å²) in [5, 5.41) is 8.43. The van der Waals surface area contributed by atoms with Gasteiger partial charge >= 0.3 is 5.69 Å². The van der Waals surface area contributed by atoms with Crippen molar-refractivity contribution in [1.29, 1.82) is 0 Å². The second-order valence-electron chi connectivity index (χ2n) is 9.28. The Hall–Kier alpha value is -3.27. The van der Waals surface area contributed by atoms with Crippen LogP contribution in [0.2, 0.25) is 5.02 Å². The van der Waals surface area contributed by atoms with Crippen LogP contribution in [-0.2, 0) is 24.2 Å². The quantitative estimate of drug-likeness (QED) is 0.430. The molecule has 0 bridgehead atoms. The molecule has 1 aliphatic heterocycles. The minimum atomic E-state index is -0.339. The van der Waals surface area contributed by atoms with Gasteiger partial charge in [0.1, 0.15) is 6.33 Å². The average Bonchev–Trinajstić information content (AvgIpc) is 3.26. The molecule has 0 radical (unpaired) electrons. The molecule has 10 heteroatoms. The second kappa shape index (κ2) is 10.0. The third-order valence-electron chi connectivity index (χ3n) is 6.64. The van der Waals surface area contributed by atoms with Gasteiger partial charge in [0.2, 0.25) is 0 Å². The van der Waals surface area contributed by atoms with E-state index in [0.29, 0.717) is 11.6 Å². The summed E-state index contributed by atoms with van der Waals surface area (Å²) in [6, 6.07) is 7.23. The maximum absolute atomic E-state index is 12.7. The van der Waals surface area contributed by atoms with E-state index in [1.165, 1.54) is 27.7 Å². The largest absolute Gasteiger partial charge is 0.372 e. The van der Waals surface area contributed by atoms with Crippen LogP contribution in [0.3, 0.4) is 0 Å². The number of morpholine rings is 1. The van der Waals surface area contributed by atoms with E-state index in [-0.39, 0.29) is 30.0 Å². The first-order valence-corrected chi connectivity index (χ1v) is 12.5. The topological polar surface area (TPSA) is 95.4 Å². The molecular formula is C26H29ClN6O3. The van der Waals surface area contributed by atoms with Crippen molar-refractivity contribution in [3.05, 3.63) is 85.5 Å². The zero-order chi connectivity index (χ0) is 25.4. The van der Waals surface area contributed by atoms with E-state index < -0.39 is 0 Å². The van der Waals surface area contributed by atoms with Crippen molar-refractivity contribution >= 4 is 17.1 Å². The summed E-state index contributed by atoms with van der Waals surface area (Å²) in [5.41, 5.74) is 4.71. The number of hydrogen-bond acceptors (Lipinski definition) is 6. The number of fused-ring (bicyclic) bond motifs is 1. The van der Waals surface area contributed by atoms with Crippen LogP contribution in [0.1, 0.15) is 30.5 Å². The highest BCUT2D eigenvalue weighted by Crippen LogP contribution is 2.33. The molecule has 1 aliphatic rings. The third-order valence-corrected chi connectivity index (χ3v) is 6.86. The van der Waals surface area contributed by atoms with Crippen molar-refractivity contribution in [1.82, 2.24) is 29.0 Å². The van der Waals surface area contributed by atoms with Gasteiger partial charge in [-0.2, -0.15) is 5.10 Å². The maximum Gasteiger partial charge on any atom is 0.331 e. The predicted molar refractivity (Wildman–Crippen MR) is 139 cm³/mol. The van der Waals surface area contributed by atoms with Crippen molar-refractivity contribution < 1.29 is 4.74 Å². The van der Waals surface area contributed by atoms with Gasteiger partial charge in [-0.15, -0.1) is 0 Å². The Labute approximate surface area is 213 Å². The Morgan fingerprint density at radius 1 is 1.22 bits per heavy atom. The van der Waals surface area contributed by atoms with Gasteiger partial charge in [0.05, 0.1) is 30.0 Å². The second-order valence-corrected chi connectivity index (χ2v) is 9.71. The van der Waals surface area contributed by atoms with Crippen LogP contribution in [0.4, 0.5) is 0 Å². The summed E-state index contributed by atoms with van der Waals surface area (Å²) < 4.78 is 10.6. The smallest absolute Gasteiger partial charge is 0.331 e. The van der Waals surface area contributed by atoms with Crippen molar-refractivity contribution in [2.24, 2.45) is 0 Å². The molecule has 0 saturated carbocycles. The van der Waals surface area contributed by atoms with Crippen molar-refractivity contribution in [3.63, 3.8) is 0 Å². The molecule has 4 aromatic rings. The monoisotopic (exact) mass is 508 g/mol. The fraction of sp³-hybridized carbons (Fsp3) is 0.385. The molecular weight excluding hydrogens is 480 g/mol. The van der Waals surface area contributed by atoms with E-state index in [9.17, 15) is 9.59 Å². The molecule has 36 heavy (non-hydrogen) atoms. The van der Waals surface area contributed by atoms with Gasteiger partial charge in [-0.05, 0) is 55.7 Å². The number of nitrogens with one attached hydrogen (secondary N) is 1. The number of rotatable bonds is 6. The molecule has 1 saturated heterocycles. The molecule has 1 unspecified atom stereocenters. The molecule has 188 valence electrons. The molecule has 0 amide bonds. The first-order chi connectivity index (χ1) is 17.3. The molecule has 1 N–H and O–H groups in total. The Morgan fingerprint density at radius 2 is 2.06 bits per heavy atom. The summed E-state index contributed by atoms with van der Waals surface area (Å²) in [5.74, 6) is 0. The Balaban J connectivity index is 1.57. The highest BCUT2D eigenvalue weighted by molar-refractivity contribution is 6.31. The highest BCUT2D eigenvalue weighted by Gasteiger charge is 2.23. The van der Waals surface area contributed by atoms with E-state index in [2.05, 4.69) is 22.3 Å². The third kappa shape index (κ3) is 4.74. The molecule has 5 rings (SSSR count). The van der Waals surface area contributed by atoms with Gasteiger partial charge in [-0.1, -0.05) is 11.6 Å². The average molecular weight is 509 g/mol. The Morgan fingerprint density at radius 3 is 2.83 bits per heavy atom. The number of aromatic nitrogens is 5. The maximum atomic E-state index is 12.7. The van der Waals surface area contributed by atoms with Crippen molar-refractivity contribution in [3.8, 4) is 11.3 Å².